The van der Waals surface area contributed by atoms with Crippen molar-refractivity contribution in [2.75, 3.05) is 13.1 Å². The van der Waals surface area contributed by atoms with Gasteiger partial charge in [-0.3, -0.25) is 4.79 Å². The number of carbonyl (C=O) groups excluding carboxylic acids is 1. The van der Waals surface area contributed by atoms with Crippen LogP contribution in [0, 0.1) is 17.8 Å². The molecule has 3 N–H and O–H groups in total. The van der Waals surface area contributed by atoms with E-state index in [1.54, 1.807) is 6.92 Å². The zero-order valence-corrected chi connectivity index (χ0v) is 15.1. The molecule has 1 saturated heterocycles. The lowest BCUT2D eigenvalue weighted by Gasteiger charge is -2.28. The van der Waals surface area contributed by atoms with E-state index in [0.717, 1.165) is 32.4 Å². The van der Waals surface area contributed by atoms with Crippen molar-refractivity contribution < 1.29 is 19.7 Å². The third-order valence-corrected chi connectivity index (χ3v) is 5.01. The van der Waals surface area contributed by atoms with E-state index in [9.17, 15) is 15.0 Å². The molecule has 0 aromatic heterocycles. The topological polar surface area (TPSA) is 78.8 Å². The van der Waals surface area contributed by atoms with Gasteiger partial charge in [0.2, 0.25) is 0 Å². The highest BCUT2D eigenvalue weighted by Crippen LogP contribution is 2.24. The molecule has 0 radical (unpaired) electrons. The van der Waals surface area contributed by atoms with Gasteiger partial charge in [0.25, 0.3) is 0 Å². The molecule has 0 aliphatic carbocycles. The summed E-state index contributed by atoms with van der Waals surface area (Å²) in [5.74, 6) is -0.435. The number of cyclic esters (lactones) is 1. The van der Waals surface area contributed by atoms with Crippen LogP contribution in [0.5, 0.6) is 0 Å². The van der Waals surface area contributed by atoms with Crippen molar-refractivity contribution in [3.8, 4) is 0 Å². The van der Waals surface area contributed by atoms with Crippen molar-refractivity contribution in [1.29, 1.82) is 0 Å². The Hall–Kier alpha value is -0.650. The summed E-state index contributed by atoms with van der Waals surface area (Å²) in [6, 6.07) is 0. The number of hydrogen-bond donors (Lipinski definition) is 3. The van der Waals surface area contributed by atoms with Crippen molar-refractivity contribution in [2.24, 2.45) is 17.8 Å². The Labute approximate surface area is 140 Å². The quantitative estimate of drug-likeness (QED) is 0.642. The lowest BCUT2D eigenvalue weighted by molar-refractivity contribution is -0.165. The first-order chi connectivity index (χ1) is 10.9. The van der Waals surface area contributed by atoms with E-state index in [2.05, 4.69) is 12.2 Å². The summed E-state index contributed by atoms with van der Waals surface area (Å²) in [7, 11) is 0. The van der Waals surface area contributed by atoms with Gasteiger partial charge in [0.1, 0.15) is 6.10 Å². The molecule has 0 bridgehead atoms. The maximum absolute atomic E-state index is 12.3. The maximum atomic E-state index is 12.3. The van der Waals surface area contributed by atoms with Gasteiger partial charge in [-0.15, -0.1) is 0 Å². The van der Waals surface area contributed by atoms with Crippen LogP contribution in [-0.2, 0) is 9.53 Å². The lowest BCUT2D eigenvalue weighted by Crippen LogP contribution is -2.38. The van der Waals surface area contributed by atoms with E-state index in [0.29, 0.717) is 18.8 Å². The second kappa shape index (κ2) is 10.3. The molecular formula is C18H35NO4. The number of nitrogens with one attached hydrogen (secondary N) is 1. The Kier molecular flexibility index (Phi) is 9.10. The maximum Gasteiger partial charge on any atom is 0.311 e. The second-order valence-corrected chi connectivity index (χ2v) is 7.23. The molecule has 1 aliphatic rings. The minimum absolute atomic E-state index is 0.0441. The van der Waals surface area contributed by atoms with Crippen molar-refractivity contribution in [2.45, 2.75) is 78.1 Å². The zero-order valence-electron chi connectivity index (χ0n) is 15.1. The van der Waals surface area contributed by atoms with Gasteiger partial charge in [0, 0.05) is 0 Å². The molecule has 0 saturated carbocycles. The van der Waals surface area contributed by atoms with Crippen LogP contribution in [0.25, 0.3) is 0 Å². The van der Waals surface area contributed by atoms with Crippen molar-refractivity contribution in [3.63, 3.8) is 0 Å². The Morgan fingerprint density at radius 1 is 1.17 bits per heavy atom. The number of carbonyl (C=O) groups is 1. The minimum atomic E-state index is -0.710. The molecule has 0 spiro atoms. The van der Waals surface area contributed by atoms with Crippen LogP contribution in [0.15, 0.2) is 0 Å². The van der Waals surface area contributed by atoms with Crippen molar-refractivity contribution in [1.82, 2.24) is 5.32 Å². The van der Waals surface area contributed by atoms with Gasteiger partial charge >= 0.3 is 5.97 Å². The number of rotatable bonds is 1. The van der Waals surface area contributed by atoms with Crippen LogP contribution in [0.1, 0.15) is 59.8 Å². The van der Waals surface area contributed by atoms with Crippen molar-refractivity contribution in [3.05, 3.63) is 0 Å². The van der Waals surface area contributed by atoms with Crippen LogP contribution in [-0.4, -0.2) is 47.6 Å². The summed E-state index contributed by atoms with van der Waals surface area (Å²) in [5, 5.41) is 24.1. The molecule has 1 heterocycles. The molecule has 1 aliphatic heterocycles. The SMILES string of the molecule is CC[C@H]1OC(=O)C(C)C(O)[C@H](C)C[C@@H](C)CCNCCC[C@@H]1O. The van der Waals surface area contributed by atoms with Gasteiger partial charge in [-0.2, -0.15) is 0 Å². The van der Waals surface area contributed by atoms with E-state index >= 15 is 0 Å². The fraction of sp³-hybridized carbons (Fsp3) is 0.944. The smallest absolute Gasteiger partial charge is 0.311 e. The Bertz CT molecular complexity index is 350. The molecule has 1 rings (SSSR count). The molecule has 0 aromatic carbocycles. The standard InChI is InChI=1S/C18H35NO4/c1-5-16-15(20)7-6-9-19-10-8-12(2)11-13(3)17(21)14(4)18(22)23-16/h12-17,19-21H,5-11H2,1-4H3/t12-,13+,14?,15-,16+,17?/m0/s1. The molecule has 136 valence electrons. The first kappa shape index (κ1) is 20.4. The van der Waals surface area contributed by atoms with Crippen molar-refractivity contribution >= 4 is 5.97 Å². The van der Waals surface area contributed by atoms with Crippen LogP contribution in [0.4, 0.5) is 0 Å². The highest BCUT2D eigenvalue weighted by atomic mass is 16.6. The Balaban J connectivity index is 2.78. The average molecular weight is 329 g/mol. The number of hydrogen-bond acceptors (Lipinski definition) is 5. The molecule has 6 atom stereocenters. The molecule has 1 fully saturated rings. The van der Waals surface area contributed by atoms with Crippen LogP contribution < -0.4 is 5.32 Å². The second-order valence-electron chi connectivity index (χ2n) is 7.23. The predicted octanol–water partition coefficient (Wildman–Crippen LogP) is 2.10. The minimum Gasteiger partial charge on any atom is -0.459 e. The van der Waals surface area contributed by atoms with Crippen LogP contribution in [0.2, 0.25) is 0 Å². The fourth-order valence-electron chi connectivity index (χ4n) is 3.31. The van der Waals surface area contributed by atoms with Gasteiger partial charge < -0.3 is 20.3 Å². The van der Waals surface area contributed by atoms with Gasteiger partial charge in [-0.1, -0.05) is 20.8 Å². The monoisotopic (exact) mass is 329 g/mol. The Morgan fingerprint density at radius 2 is 1.87 bits per heavy atom. The highest BCUT2D eigenvalue weighted by molar-refractivity contribution is 5.73. The van der Waals surface area contributed by atoms with Gasteiger partial charge in [-0.25, -0.2) is 0 Å². The van der Waals surface area contributed by atoms with Crippen LogP contribution >= 0.6 is 0 Å². The number of aliphatic hydroxyl groups excluding tert-OH is 2. The molecule has 5 heteroatoms. The van der Waals surface area contributed by atoms with Gasteiger partial charge in [-0.05, 0) is 64.0 Å². The summed E-state index contributed by atoms with van der Waals surface area (Å²) in [5.41, 5.74) is 0. The molecule has 23 heavy (non-hydrogen) atoms. The summed E-state index contributed by atoms with van der Waals surface area (Å²) in [6.07, 6.45) is 2.15. The highest BCUT2D eigenvalue weighted by Gasteiger charge is 2.31. The summed E-state index contributed by atoms with van der Waals surface area (Å²) in [4.78, 5) is 12.3. The van der Waals surface area contributed by atoms with E-state index in [-0.39, 0.29) is 5.92 Å². The first-order valence-electron chi connectivity index (χ1n) is 9.14. The fourth-order valence-corrected chi connectivity index (χ4v) is 3.31. The summed E-state index contributed by atoms with van der Waals surface area (Å²) in [6.45, 7) is 9.60. The molecular weight excluding hydrogens is 294 g/mol. The summed E-state index contributed by atoms with van der Waals surface area (Å²) >= 11 is 0. The lowest BCUT2D eigenvalue weighted by atomic mass is 9.85. The average Bonchev–Trinajstić information content (AvgIpc) is 2.52. The van der Waals surface area contributed by atoms with E-state index in [1.165, 1.54) is 0 Å². The molecule has 0 aromatic rings. The van der Waals surface area contributed by atoms with E-state index in [4.69, 9.17) is 4.74 Å². The van der Waals surface area contributed by atoms with E-state index in [1.807, 2.05) is 13.8 Å². The van der Waals surface area contributed by atoms with E-state index < -0.39 is 30.2 Å². The summed E-state index contributed by atoms with van der Waals surface area (Å²) < 4.78 is 5.48. The van der Waals surface area contributed by atoms with Gasteiger partial charge in [0.05, 0.1) is 18.1 Å². The zero-order chi connectivity index (χ0) is 17.4. The number of aliphatic hydroxyl groups is 2. The third-order valence-electron chi connectivity index (χ3n) is 5.01. The molecule has 2 unspecified atom stereocenters. The number of esters is 1. The Morgan fingerprint density at radius 3 is 2.52 bits per heavy atom. The van der Waals surface area contributed by atoms with Crippen LogP contribution in [0.3, 0.4) is 0 Å². The van der Waals surface area contributed by atoms with Gasteiger partial charge in [0.15, 0.2) is 0 Å². The largest absolute Gasteiger partial charge is 0.459 e. The molecule has 0 amide bonds. The number of ether oxygens (including phenoxy) is 1. The normalized spacial score (nSPS) is 39.1. The predicted molar refractivity (Wildman–Crippen MR) is 91.0 cm³/mol. The third kappa shape index (κ3) is 6.77. The first-order valence-corrected chi connectivity index (χ1v) is 9.14. The molecule has 5 nitrogen and oxygen atoms in total.